The van der Waals surface area contributed by atoms with Gasteiger partial charge in [-0.2, -0.15) is 4.98 Å². The Morgan fingerprint density at radius 3 is 2.50 bits per heavy atom. The first-order valence-corrected chi connectivity index (χ1v) is 5.52. The topological polar surface area (TPSA) is 41.5 Å². The molecule has 0 N–H and O–H groups in total. The highest BCUT2D eigenvalue weighted by Crippen LogP contribution is 2.16. The zero-order valence-electron chi connectivity index (χ0n) is 10.1. The maximum Gasteiger partial charge on any atom is 0.228 e. The molecule has 0 radical (unpaired) electrons. The maximum atomic E-state index is 5.16. The van der Waals surface area contributed by atoms with E-state index in [1.54, 1.807) is 7.11 Å². The van der Waals surface area contributed by atoms with Crippen LogP contribution in [0.15, 0.2) is 6.07 Å². The lowest BCUT2D eigenvalue weighted by Gasteiger charge is -2.32. The van der Waals surface area contributed by atoms with Crippen molar-refractivity contribution in [3.05, 3.63) is 11.8 Å². The van der Waals surface area contributed by atoms with Crippen molar-refractivity contribution in [2.45, 2.75) is 6.92 Å². The minimum atomic E-state index is 0.640. The van der Waals surface area contributed by atoms with Crippen LogP contribution < -0.4 is 9.64 Å². The third kappa shape index (κ3) is 2.41. The van der Waals surface area contributed by atoms with Crippen LogP contribution in [0.1, 0.15) is 5.69 Å². The molecular weight excluding hydrogens is 204 g/mol. The molecular formula is C11H18N4O. The van der Waals surface area contributed by atoms with E-state index in [1.165, 1.54) is 0 Å². The van der Waals surface area contributed by atoms with Gasteiger partial charge in [0.2, 0.25) is 11.8 Å². The first-order chi connectivity index (χ1) is 7.69. The summed E-state index contributed by atoms with van der Waals surface area (Å²) in [6, 6.07) is 1.85. The molecule has 1 aromatic heterocycles. The predicted octanol–water partition coefficient (Wildman–Crippen LogP) is 0.545. The van der Waals surface area contributed by atoms with Gasteiger partial charge in [0.15, 0.2) is 0 Å². The van der Waals surface area contributed by atoms with Crippen LogP contribution in [0, 0.1) is 6.92 Å². The van der Waals surface area contributed by atoms with Gasteiger partial charge < -0.3 is 14.5 Å². The predicted molar refractivity (Wildman–Crippen MR) is 63.0 cm³/mol. The van der Waals surface area contributed by atoms with E-state index in [1.807, 2.05) is 13.0 Å². The number of rotatable bonds is 2. The quantitative estimate of drug-likeness (QED) is 0.731. The molecule has 0 saturated carbocycles. The minimum absolute atomic E-state index is 0.640. The number of anilines is 1. The molecule has 0 aliphatic carbocycles. The summed E-state index contributed by atoms with van der Waals surface area (Å²) < 4.78 is 5.16. The van der Waals surface area contributed by atoms with Gasteiger partial charge in [-0.25, -0.2) is 4.98 Å². The number of hydrogen-bond acceptors (Lipinski definition) is 5. The number of hydrogen-bond donors (Lipinski definition) is 0. The van der Waals surface area contributed by atoms with E-state index in [4.69, 9.17) is 4.74 Å². The Morgan fingerprint density at radius 2 is 1.88 bits per heavy atom. The zero-order valence-corrected chi connectivity index (χ0v) is 10.1. The molecule has 88 valence electrons. The molecule has 1 saturated heterocycles. The second-order valence-electron chi connectivity index (χ2n) is 4.14. The van der Waals surface area contributed by atoms with Crippen LogP contribution in [0.5, 0.6) is 5.88 Å². The van der Waals surface area contributed by atoms with Crippen LogP contribution in [0.4, 0.5) is 5.95 Å². The van der Waals surface area contributed by atoms with E-state index in [9.17, 15) is 0 Å². The van der Waals surface area contributed by atoms with Crippen LogP contribution in [0.2, 0.25) is 0 Å². The molecule has 0 spiro atoms. The Bertz CT molecular complexity index is 361. The van der Waals surface area contributed by atoms with Gasteiger partial charge in [0.25, 0.3) is 0 Å². The Morgan fingerprint density at radius 1 is 1.19 bits per heavy atom. The average Bonchev–Trinajstić information content (AvgIpc) is 2.29. The van der Waals surface area contributed by atoms with Crippen LogP contribution >= 0.6 is 0 Å². The fourth-order valence-corrected chi connectivity index (χ4v) is 1.78. The summed E-state index contributed by atoms with van der Waals surface area (Å²) in [5.74, 6) is 1.42. The van der Waals surface area contributed by atoms with Gasteiger partial charge in [0.1, 0.15) is 0 Å². The summed E-state index contributed by atoms with van der Waals surface area (Å²) >= 11 is 0. The highest BCUT2D eigenvalue weighted by molar-refractivity contribution is 5.34. The number of methoxy groups -OCH3 is 1. The van der Waals surface area contributed by atoms with Gasteiger partial charge in [-0.1, -0.05) is 0 Å². The summed E-state index contributed by atoms with van der Waals surface area (Å²) in [7, 11) is 3.77. The van der Waals surface area contributed by atoms with Gasteiger partial charge >= 0.3 is 0 Å². The monoisotopic (exact) mass is 222 g/mol. The number of aromatic nitrogens is 2. The molecule has 5 nitrogen and oxygen atoms in total. The standard InChI is InChI=1S/C11H18N4O/c1-9-8-10(16-3)13-11(12-9)15-6-4-14(2)5-7-15/h8H,4-7H2,1-3H3. The fourth-order valence-electron chi connectivity index (χ4n) is 1.78. The van der Waals surface area contributed by atoms with Gasteiger partial charge in [0, 0.05) is 37.9 Å². The highest BCUT2D eigenvalue weighted by Gasteiger charge is 2.17. The molecule has 5 heteroatoms. The number of aryl methyl sites for hydroxylation is 1. The van der Waals surface area contributed by atoms with E-state index >= 15 is 0 Å². The molecule has 2 rings (SSSR count). The highest BCUT2D eigenvalue weighted by atomic mass is 16.5. The molecule has 2 heterocycles. The zero-order chi connectivity index (χ0) is 11.5. The van der Waals surface area contributed by atoms with Crippen LogP contribution in [0.25, 0.3) is 0 Å². The lowest BCUT2D eigenvalue weighted by molar-refractivity contribution is 0.310. The van der Waals surface area contributed by atoms with Crippen LogP contribution in [-0.4, -0.2) is 55.2 Å². The molecule has 0 amide bonds. The second kappa shape index (κ2) is 4.65. The van der Waals surface area contributed by atoms with Crippen molar-refractivity contribution in [3.63, 3.8) is 0 Å². The Kier molecular flexibility index (Phi) is 3.24. The minimum Gasteiger partial charge on any atom is -0.481 e. The number of likely N-dealkylation sites (N-methyl/N-ethyl adjacent to an activating group) is 1. The van der Waals surface area contributed by atoms with Gasteiger partial charge in [-0.15, -0.1) is 0 Å². The second-order valence-corrected chi connectivity index (χ2v) is 4.14. The van der Waals surface area contributed by atoms with Crippen molar-refractivity contribution in [2.24, 2.45) is 0 Å². The molecule has 0 atom stereocenters. The lowest BCUT2D eigenvalue weighted by Crippen LogP contribution is -2.45. The summed E-state index contributed by atoms with van der Waals surface area (Å²) in [6.07, 6.45) is 0. The SMILES string of the molecule is COc1cc(C)nc(N2CCN(C)CC2)n1. The molecule has 1 aliphatic heterocycles. The molecule has 1 aromatic rings. The normalized spacial score (nSPS) is 17.6. The number of nitrogens with zero attached hydrogens (tertiary/aromatic N) is 4. The number of ether oxygens (including phenoxy) is 1. The van der Waals surface area contributed by atoms with Crippen LogP contribution in [0.3, 0.4) is 0 Å². The fraction of sp³-hybridized carbons (Fsp3) is 0.636. The number of piperazine rings is 1. The van der Waals surface area contributed by atoms with Crippen molar-refractivity contribution in [2.75, 3.05) is 45.2 Å². The lowest BCUT2D eigenvalue weighted by atomic mass is 10.3. The van der Waals surface area contributed by atoms with Crippen molar-refractivity contribution >= 4 is 5.95 Å². The van der Waals surface area contributed by atoms with E-state index in [0.717, 1.165) is 37.8 Å². The molecule has 0 bridgehead atoms. The van der Waals surface area contributed by atoms with Crippen molar-refractivity contribution < 1.29 is 4.74 Å². The van der Waals surface area contributed by atoms with Gasteiger partial charge in [0.05, 0.1) is 7.11 Å². The summed E-state index contributed by atoms with van der Waals surface area (Å²) in [6.45, 7) is 6.02. The molecule has 0 aromatic carbocycles. The molecule has 16 heavy (non-hydrogen) atoms. The molecule has 1 aliphatic rings. The molecule has 0 unspecified atom stereocenters. The van der Waals surface area contributed by atoms with Crippen LogP contribution in [-0.2, 0) is 0 Å². The first-order valence-electron chi connectivity index (χ1n) is 5.52. The van der Waals surface area contributed by atoms with E-state index in [-0.39, 0.29) is 0 Å². The van der Waals surface area contributed by atoms with Crippen molar-refractivity contribution in [3.8, 4) is 5.88 Å². The van der Waals surface area contributed by atoms with Crippen molar-refractivity contribution in [1.82, 2.24) is 14.9 Å². The third-order valence-electron chi connectivity index (χ3n) is 2.81. The first kappa shape index (κ1) is 11.1. The largest absolute Gasteiger partial charge is 0.481 e. The van der Waals surface area contributed by atoms with E-state index in [0.29, 0.717) is 5.88 Å². The Balaban J connectivity index is 2.16. The van der Waals surface area contributed by atoms with Crippen molar-refractivity contribution in [1.29, 1.82) is 0 Å². The average molecular weight is 222 g/mol. The molecule has 1 fully saturated rings. The summed E-state index contributed by atoms with van der Waals surface area (Å²) in [5.41, 5.74) is 0.945. The summed E-state index contributed by atoms with van der Waals surface area (Å²) in [5, 5.41) is 0. The third-order valence-corrected chi connectivity index (χ3v) is 2.81. The van der Waals surface area contributed by atoms with E-state index < -0.39 is 0 Å². The summed E-state index contributed by atoms with van der Waals surface area (Å²) in [4.78, 5) is 13.3. The van der Waals surface area contributed by atoms with Gasteiger partial charge in [-0.3, -0.25) is 0 Å². The van der Waals surface area contributed by atoms with E-state index in [2.05, 4.69) is 26.8 Å². The smallest absolute Gasteiger partial charge is 0.228 e. The Labute approximate surface area is 96.1 Å². The maximum absolute atomic E-state index is 5.16. The van der Waals surface area contributed by atoms with Gasteiger partial charge in [-0.05, 0) is 14.0 Å². The Hall–Kier alpha value is -1.36.